The first-order valence-electron chi connectivity index (χ1n) is 9.32. The Morgan fingerprint density at radius 1 is 0.931 bits per heavy atom. The Bertz CT molecular complexity index is 1240. The first-order chi connectivity index (χ1) is 14.0. The molecule has 4 aromatic rings. The van der Waals surface area contributed by atoms with Gasteiger partial charge in [-0.2, -0.15) is 5.10 Å². The standard InChI is InChI=1S/C24H22N2O3/c1-15-11-19-20(26-25-18-7-5-4-6-8-18)14-22(29-23(19)12-16(15)2)17-9-10-21(27)24(13-17)28-3/h4-14,25,27H,1-3H3/b26-20+. The fraction of sp³-hybridized carbons (Fsp3) is 0.125. The first-order valence-corrected chi connectivity index (χ1v) is 9.32. The van der Waals surface area contributed by atoms with Crippen LogP contribution < -0.4 is 15.5 Å². The molecule has 0 saturated heterocycles. The molecule has 2 N–H and O–H groups in total. The van der Waals surface area contributed by atoms with E-state index in [2.05, 4.69) is 30.4 Å². The number of hydrogen-bond acceptors (Lipinski definition) is 5. The lowest BCUT2D eigenvalue weighted by atomic mass is 10.1. The van der Waals surface area contributed by atoms with Gasteiger partial charge in [-0.05, 0) is 67.4 Å². The minimum Gasteiger partial charge on any atom is -0.504 e. The molecule has 3 aromatic carbocycles. The summed E-state index contributed by atoms with van der Waals surface area (Å²) in [5, 5.41) is 16.2. The van der Waals surface area contributed by atoms with Gasteiger partial charge in [-0.3, -0.25) is 5.43 Å². The Hall–Kier alpha value is -3.73. The third kappa shape index (κ3) is 3.80. The van der Waals surface area contributed by atoms with Gasteiger partial charge >= 0.3 is 0 Å². The molecule has 5 nitrogen and oxygen atoms in total. The van der Waals surface area contributed by atoms with Gasteiger partial charge in [0.25, 0.3) is 0 Å². The zero-order valence-corrected chi connectivity index (χ0v) is 16.6. The van der Waals surface area contributed by atoms with Gasteiger partial charge in [-0.15, -0.1) is 0 Å². The number of hydrogen-bond donors (Lipinski definition) is 2. The summed E-state index contributed by atoms with van der Waals surface area (Å²) in [6, 6.07) is 20.9. The van der Waals surface area contributed by atoms with E-state index in [0.717, 1.165) is 33.1 Å². The number of nitrogens with one attached hydrogen (secondary N) is 1. The third-order valence-corrected chi connectivity index (χ3v) is 4.90. The van der Waals surface area contributed by atoms with E-state index < -0.39 is 0 Å². The zero-order chi connectivity index (χ0) is 20.4. The van der Waals surface area contributed by atoms with Crippen LogP contribution in [-0.4, -0.2) is 12.2 Å². The van der Waals surface area contributed by atoms with Gasteiger partial charge in [-0.25, -0.2) is 0 Å². The van der Waals surface area contributed by atoms with Crippen molar-refractivity contribution in [3.8, 4) is 22.8 Å². The van der Waals surface area contributed by atoms with E-state index in [1.807, 2.05) is 42.5 Å². The molecule has 0 fully saturated rings. The molecule has 0 aliphatic rings. The highest BCUT2D eigenvalue weighted by Gasteiger charge is 2.10. The van der Waals surface area contributed by atoms with Gasteiger partial charge in [0, 0.05) is 17.0 Å². The number of aryl methyl sites for hydroxylation is 2. The summed E-state index contributed by atoms with van der Waals surface area (Å²) < 4.78 is 11.4. The number of methoxy groups -OCH3 is 1. The lowest BCUT2D eigenvalue weighted by Gasteiger charge is -2.10. The van der Waals surface area contributed by atoms with E-state index >= 15 is 0 Å². The molecule has 1 heterocycles. The van der Waals surface area contributed by atoms with E-state index in [-0.39, 0.29) is 5.75 Å². The molecule has 0 unspecified atom stereocenters. The van der Waals surface area contributed by atoms with E-state index in [9.17, 15) is 5.11 Å². The normalized spacial score (nSPS) is 11.6. The molecular weight excluding hydrogens is 364 g/mol. The molecular formula is C24H22N2O3. The number of rotatable bonds is 4. The Labute approximate surface area is 168 Å². The maximum Gasteiger partial charge on any atom is 0.161 e. The van der Waals surface area contributed by atoms with Crippen molar-refractivity contribution in [3.63, 3.8) is 0 Å². The lowest BCUT2D eigenvalue weighted by Crippen LogP contribution is -2.08. The lowest BCUT2D eigenvalue weighted by molar-refractivity contribution is 0.373. The van der Waals surface area contributed by atoms with E-state index in [4.69, 9.17) is 9.15 Å². The molecule has 0 amide bonds. The zero-order valence-electron chi connectivity index (χ0n) is 16.6. The minimum atomic E-state index is 0.0826. The van der Waals surface area contributed by atoms with Crippen molar-refractivity contribution in [2.45, 2.75) is 13.8 Å². The highest BCUT2D eigenvalue weighted by molar-refractivity contribution is 5.80. The van der Waals surface area contributed by atoms with Crippen molar-refractivity contribution in [2.24, 2.45) is 5.10 Å². The number of benzene rings is 3. The number of phenolic OH excluding ortho intramolecular Hbond substituents is 1. The fourth-order valence-corrected chi connectivity index (χ4v) is 3.13. The van der Waals surface area contributed by atoms with Crippen LogP contribution in [0.25, 0.3) is 22.3 Å². The quantitative estimate of drug-likeness (QED) is 0.464. The molecule has 1 aromatic heterocycles. The number of phenols is 1. The second-order valence-electron chi connectivity index (χ2n) is 6.90. The van der Waals surface area contributed by atoms with Crippen LogP contribution in [0.5, 0.6) is 11.5 Å². The molecule has 0 aliphatic heterocycles. The Morgan fingerprint density at radius 2 is 1.69 bits per heavy atom. The summed E-state index contributed by atoms with van der Waals surface area (Å²) in [6.45, 7) is 4.13. The molecule has 0 bridgehead atoms. The van der Waals surface area contributed by atoms with Crippen molar-refractivity contribution >= 4 is 16.7 Å². The molecule has 29 heavy (non-hydrogen) atoms. The molecule has 0 saturated carbocycles. The Balaban J connectivity index is 1.91. The largest absolute Gasteiger partial charge is 0.504 e. The molecule has 5 heteroatoms. The van der Waals surface area contributed by atoms with Crippen LogP contribution >= 0.6 is 0 Å². The average molecular weight is 386 g/mol. The van der Waals surface area contributed by atoms with Gasteiger partial charge in [0.15, 0.2) is 11.5 Å². The van der Waals surface area contributed by atoms with Gasteiger partial charge in [0.2, 0.25) is 0 Å². The van der Waals surface area contributed by atoms with E-state index in [1.54, 1.807) is 18.2 Å². The first kappa shape index (κ1) is 18.6. The van der Waals surface area contributed by atoms with Crippen LogP contribution in [0, 0.1) is 13.8 Å². The summed E-state index contributed by atoms with van der Waals surface area (Å²) in [6.07, 6.45) is 0. The number of fused-ring (bicyclic) bond motifs is 1. The Kier molecular flexibility index (Phi) is 4.96. The van der Waals surface area contributed by atoms with Crippen LogP contribution in [-0.2, 0) is 0 Å². The number of anilines is 1. The van der Waals surface area contributed by atoms with Crippen LogP contribution in [0.15, 0.2) is 76.2 Å². The highest BCUT2D eigenvalue weighted by Crippen LogP contribution is 2.32. The summed E-state index contributed by atoms with van der Waals surface area (Å²) >= 11 is 0. The van der Waals surface area contributed by atoms with Crippen LogP contribution in [0.1, 0.15) is 11.1 Å². The summed E-state index contributed by atoms with van der Waals surface area (Å²) in [5.74, 6) is 1.10. The maximum absolute atomic E-state index is 9.90. The highest BCUT2D eigenvalue weighted by atomic mass is 16.5. The van der Waals surface area contributed by atoms with Gasteiger partial charge in [0.1, 0.15) is 11.3 Å². The SMILES string of the molecule is COc1cc(-c2c/c(=N\Nc3ccccc3)c3cc(C)c(C)cc3o2)ccc1O. The molecule has 4 rings (SSSR count). The summed E-state index contributed by atoms with van der Waals surface area (Å²) in [5.41, 5.74) is 7.86. The van der Waals surface area contributed by atoms with Crippen molar-refractivity contribution in [1.82, 2.24) is 0 Å². The van der Waals surface area contributed by atoms with Gasteiger partial charge in [-0.1, -0.05) is 18.2 Å². The van der Waals surface area contributed by atoms with E-state index in [0.29, 0.717) is 11.5 Å². The topological polar surface area (TPSA) is 67.0 Å². The number of aromatic hydroxyl groups is 1. The average Bonchev–Trinajstić information content (AvgIpc) is 2.74. The van der Waals surface area contributed by atoms with Crippen molar-refractivity contribution in [3.05, 3.63) is 83.2 Å². The monoisotopic (exact) mass is 386 g/mol. The van der Waals surface area contributed by atoms with Crippen molar-refractivity contribution in [2.75, 3.05) is 12.5 Å². The van der Waals surface area contributed by atoms with E-state index in [1.165, 1.54) is 12.7 Å². The molecule has 146 valence electrons. The number of para-hydroxylation sites is 1. The maximum atomic E-state index is 9.90. The second-order valence-corrected chi connectivity index (χ2v) is 6.90. The van der Waals surface area contributed by atoms with Gasteiger partial charge in [0.05, 0.1) is 18.2 Å². The molecule has 0 spiro atoms. The smallest absolute Gasteiger partial charge is 0.161 e. The van der Waals surface area contributed by atoms with Crippen LogP contribution in [0.4, 0.5) is 5.69 Å². The van der Waals surface area contributed by atoms with Crippen LogP contribution in [0.3, 0.4) is 0 Å². The van der Waals surface area contributed by atoms with Gasteiger partial charge < -0.3 is 14.3 Å². The predicted octanol–water partition coefficient (Wildman–Crippen LogP) is 5.36. The fourth-order valence-electron chi connectivity index (χ4n) is 3.13. The molecule has 0 radical (unpaired) electrons. The third-order valence-electron chi connectivity index (χ3n) is 4.90. The Morgan fingerprint density at radius 3 is 2.45 bits per heavy atom. The van der Waals surface area contributed by atoms with Crippen molar-refractivity contribution in [1.29, 1.82) is 0 Å². The molecule has 0 aliphatic carbocycles. The molecule has 0 atom stereocenters. The second kappa shape index (κ2) is 7.72. The predicted molar refractivity (Wildman–Crippen MR) is 115 cm³/mol. The van der Waals surface area contributed by atoms with Crippen LogP contribution in [0.2, 0.25) is 0 Å². The summed E-state index contributed by atoms with van der Waals surface area (Å²) in [7, 11) is 1.52. The van der Waals surface area contributed by atoms with Crippen molar-refractivity contribution < 1.29 is 14.3 Å². The number of ether oxygens (including phenoxy) is 1. The minimum absolute atomic E-state index is 0.0826. The number of nitrogens with zero attached hydrogens (tertiary/aromatic N) is 1. The summed E-state index contributed by atoms with van der Waals surface area (Å²) in [4.78, 5) is 0.